The van der Waals surface area contributed by atoms with Crippen LogP contribution in [0.4, 0.5) is 0 Å². The fourth-order valence-corrected chi connectivity index (χ4v) is 7.82. The average molecular weight is 533 g/mol. The Morgan fingerprint density at radius 1 is 1.11 bits per heavy atom. The van der Waals surface area contributed by atoms with Gasteiger partial charge in [0.15, 0.2) is 0 Å². The maximum Gasteiger partial charge on any atom is 0.243 e. The summed E-state index contributed by atoms with van der Waals surface area (Å²) < 4.78 is -0.175. The highest BCUT2D eigenvalue weighted by molar-refractivity contribution is 8.00. The van der Waals surface area contributed by atoms with Crippen LogP contribution < -0.4 is 16.0 Å². The Labute approximate surface area is 225 Å². The smallest absolute Gasteiger partial charge is 0.243 e. The van der Waals surface area contributed by atoms with Gasteiger partial charge in [-0.2, -0.15) is 11.8 Å². The second-order valence-corrected chi connectivity index (χ2v) is 13.9. The molecule has 0 radical (unpaired) electrons. The fourth-order valence-electron chi connectivity index (χ4n) is 5.57. The Morgan fingerprint density at radius 2 is 1.83 bits per heavy atom. The zero-order chi connectivity index (χ0) is 25.4. The number of rotatable bonds is 10. The highest BCUT2D eigenvalue weighted by Gasteiger charge is 2.41. The second-order valence-electron chi connectivity index (χ2n) is 11.2. The van der Waals surface area contributed by atoms with Crippen LogP contribution in [0.25, 0.3) is 0 Å². The number of carbonyl (C=O) groups excluding carboxylic acids is 2. The van der Waals surface area contributed by atoms with E-state index in [2.05, 4.69) is 65.0 Å². The molecule has 2 heterocycles. The summed E-state index contributed by atoms with van der Waals surface area (Å²) in [6, 6.07) is 9.98. The highest BCUT2D eigenvalue weighted by atomic mass is 32.2. The van der Waals surface area contributed by atoms with Crippen molar-refractivity contribution in [2.45, 2.75) is 88.2 Å². The number of carbonyl (C=O) groups is 2. The zero-order valence-corrected chi connectivity index (χ0v) is 23.6. The van der Waals surface area contributed by atoms with Crippen molar-refractivity contribution < 1.29 is 9.59 Å². The van der Waals surface area contributed by atoms with Crippen molar-refractivity contribution in [3.63, 3.8) is 0 Å². The van der Waals surface area contributed by atoms with E-state index in [0.29, 0.717) is 5.75 Å². The van der Waals surface area contributed by atoms with E-state index in [1.54, 1.807) is 11.8 Å². The van der Waals surface area contributed by atoms with Gasteiger partial charge in [0, 0.05) is 42.1 Å². The minimum atomic E-state index is -0.489. The molecule has 1 aliphatic carbocycles. The van der Waals surface area contributed by atoms with Gasteiger partial charge in [-0.1, -0.05) is 49.6 Å². The van der Waals surface area contributed by atoms with Crippen molar-refractivity contribution in [3.05, 3.63) is 35.9 Å². The standard InChI is InChI=1S/C28H44N4O2S2/c1-28(2)25(29-20-36-28)27(34)31-24(19-35-18-22-11-7-4-8-12-22)26(33)30-23-13-15-32(16-14-23)17-21-9-5-3-6-10-21/h3,5-6,9-10,22-25,29H,4,7-8,11-20H2,1-2H3,(H,30,33)(H,31,34)/t24-,25+/m0/s1. The van der Waals surface area contributed by atoms with Gasteiger partial charge in [-0.15, -0.1) is 11.8 Å². The quantitative estimate of drug-likeness (QED) is 0.423. The molecule has 1 aromatic carbocycles. The third-order valence-corrected chi connectivity index (χ3v) is 10.4. The van der Waals surface area contributed by atoms with Crippen LogP contribution in [0.1, 0.15) is 64.4 Å². The van der Waals surface area contributed by atoms with Gasteiger partial charge in [-0.25, -0.2) is 0 Å². The van der Waals surface area contributed by atoms with Crippen LogP contribution in [0.3, 0.4) is 0 Å². The van der Waals surface area contributed by atoms with Crippen LogP contribution in [0.15, 0.2) is 30.3 Å². The van der Waals surface area contributed by atoms with E-state index in [0.717, 1.165) is 50.0 Å². The van der Waals surface area contributed by atoms with Crippen LogP contribution in [-0.2, 0) is 16.1 Å². The van der Waals surface area contributed by atoms with Crippen molar-refractivity contribution >= 4 is 35.3 Å². The molecule has 200 valence electrons. The van der Waals surface area contributed by atoms with E-state index in [1.807, 2.05) is 11.8 Å². The number of benzene rings is 1. The summed E-state index contributed by atoms with van der Waals surface area (Å²) in [6.07, 6.45) is 8.51. The van der Waals surface area contributed by atoms with Gasteiger partial charge in [0.2, 0.25) is 11.8 Å². The number of thioether (sulfide) groups is 2. The first kappa shape index (κ1) is 27.8. The van der Waals surface area contributed by atoms with Crippen molar-refractivity contribution in [3.8, 4) is 0 Å². The molecular weight excluding hydrogens is 488 g/mol. The van der Waals surface area contributed by atoms with Gasteiger partial charge in [0.1, 0.15) is 12.1 Å². The Hall–Kier alpha value is -1.22. The normalized spacial score (nSPS) is 24.3. The predicted octanol–water partition coefficient (Wildman–Crippen LogP) is 4.01. The lowest BCUT2D eigenvalue weighted by Crippen LogP contribution is -2.58. The van der Waals surface area contributed by atoms with E-state index < -0.39 is 6.04 Å². The van der Waals surface area contributed by atoms with Gasteiger partial charge < -0.3 is 10.6 Å². The number of amides is 2. The molecule has 2 saturated heterocycles. The molecule has 8 heteroatoms. The van der Waals surface area contributed by atoms with E-state index >= 15 is 0 Å². The van der Waals surface area contributed by atoms with Gasteiger partial charge in [0.05, 0.1) is 0 Å². The molecule has 2 aliphatic heterocycles. The SMILES string of the molecule is CC1(C)SCN[C@@H]1C(=O)N[C@@H](CSCC1CCCCC1)C(=O)NC1CCN(Cc2ccccc2)CC1. The first-order valence-electron chi connectivity index (χ1n) is 13.7. The molecule has 1 saturated carbocycles. The fraction of sp³-hybridized carbons (Fsp3) is 0.714. The van der Waals surface area contributed by atoms with E-state index in [-0.39, 0.29) is 28.6 Å². The molecule has 36 heavy (non-hydrogen) atoms. The van der Waals surface area contributed by atoms with Gasteiger partial charge in [-0.05, 0) is 56.8 Å². The Bertz CT molecular complexity index is 839. The molecule has 6 nitrogen and oxygen atoms in total. The van der Waals surface area contributed by atoms with Crippen LogP contribution >= 0.6 is 23.5 Å². The molecule has 0 bridgehead atoms. The van der Waals surface area contributed by atoms with Crippen molar-refractivity contribution in [2.24, 2.45) is 5.92 Å². The summed E-state index contributed by atoms with van der Waals surface area (Å²) in [6.45, 7) is 7.10. The van der Waals surface area contributed by atoms with Gasteiger partial charge in [-0.3, -0.25) is 19.8 Å². The number of nitrogens with one attached hydrogen (secondary N) is 3. The Morgan fingerprint density at radius 3 is 2.50 bits per heavy atom. The molecule has 3 fully saturated rings. The predicted molar refractivity (Wildman–Crippen MR) is 152 cm³/mol. The van der Waals surface area contributed by atoms with Crippen LogP contribution in [0, 0.1) is 5.92 Å². The minimum Gasteiger partial charge on any atom is -0.351 e. The number of nitrogens with zero attached hydrogens (tertiary/aromatic N) is 1. The van der Waals surface area contributed by atoms with Crippen molar-refractivity contribution in [2.75, 3.05) is 30.5 Å². The third-order valence-electron chi connectivity index (χ3n) is 7.87. The minimum absolute atomic E-state index is 0.0236. The lowest BCUT2D eigenvalue weighted by molar-refractivity contribution is -0.130. The average Bonchev–Trinajstić information content (AvgIpc) is 3.25. The molecule has 3 aliphatic rings. The maximum absolute atomic E-state index is 13.4. The zero-order valence-electron chi connectivity index (χ0n) is 22.0. The van der Waals surface area contributed by atoms with E-state index in [4.69, 9.17) is 0 Å². The number of hydrogen-bond acceptors (Lipinski definition) is 6. The second kappa shape index (κ2) is 13.5. The van der Waals surface area contributed by atoms with E-state index in [9.17, 15) is 9.59 Å². The molecule has 0 unspecified atom stereocenters. The van der Waals surface area contributed by atoms with Crippen molar-refractivity contribution in [1.82, 2.24) is 20.9 Å². The molecule has 0 aromatic heterocycles. The summed E-state index contributed by atoms with van der Waals surface area (Å²) in [5.41, 5.74) is 1.33. The molecular formula is C28H44N4O2S2. The lowest BCUT2D eigenvalue weighted by atomic mass is 9.91. The summed E-state index contributed by atoms with van der Waals surface area (Å²) in [4.78, 5) is 29.0. The number of piperidine rings is 1. The number of hydrogen-bond donors (Lipinski definition) is 3. The van der Waals surface area contributed by atoms with Crippen LogP contribution in [0.5, 0.6) is 0 Å². The lowest BCUT2D eigenvalue weighted by Gasteiger charge is -2.33. The summed E-state index contributed by atoms with van der Waals surface area (Å²) in [7, 11) is 0. The summed E-state index contributed by atoms with van der Waals surface area (Å²) >= 11 is 3.59. The first-order chi connectivity index (χ1) is 17.4. The molecule has 0 spiro atoms. The third kappa shape index (κ3) is 8.14. The molecule has 3 N–H and O–H groups in total. The number of likely N-dealkylation sites (tertiary alicyclic amines) is 1. The maximum atomic E-state index is 13.4. The van der Waals surface area contributed by atoms with Crippen molar-refractivity contribution in [1.29, 1.82) is 0 Å². The van der Waals surface area contributed by atoms with E-state index in [1.165, 1.54) is 37.7 Å². The Kier molecular flexibility index (Phi) is 10.5. The molecule has 4 rings (SSSR count). The van der Waals surface area contributed by atoms with Crippen LogP contribution in [0.2, 0.25) is 0 Å². The summed E-state index contributed by atoms with van der Waals surface area (Å²) in [5.74, 6) is 3.16. The van der Waals surface area contributed by atoms with Gasteiger partial charge >= 0.3 is 0 Å². The molecule has 2 atom stereocenters. The first-order valence-corrected chi connectivity index (χ1v) is 15.9. The summed E-state index contributed by atoms with van der Waals surface area (Å²) in [5, 5.41) is 9.73. The van der Waals surface area contributed by atoms with Gasteiger partial charge in [0.25, 0.3) is 0 Å². The van der Waals surface area contributed by atoms with Crippen LogP contribution in [-0.4, -0.2) is 70.1 Å². The topological polar surface area (TPSA) is 73.5 Å². The molecule has 1 aromatic rings. The largest absolute Gasteiger partial charge is 0.351 e. The molecule has 2 amide bonds. The Balaban J connectivity index is 1.28. The highest BCUT2D eigenvalue weighted by Crippen LogP contribution is 2.33. The monoisotopic (exact) mass is 532 g/mol.